The highest BCUT2D eigenvalue weighted by Gasteiger charge is 2.21. The number of hydrogen-bond donors (Lipinski definition) is 2. The minimum atomic E-state index is -4.01. The Morgan fingerprint density at radius 2 is 2.10 bits per heavy atom. The van der Waals surface area contributed by atoms with Crippen LogP contribution in [0.2, 0.25) is 5.02 Å². The van der Waals surface area contributed by atoms with Gasteiger partial charge >= 0.3 is 0 Å². The van der Waals surface area contributed by atoms with E-state index in [9.17, 15) is 12.8 Å². The molecule has 2 aromatic rings. The molecule has 21 heavy (non-hydrogen) atoms. The summed E-state index contributed by atoms with van der Waals surface area (Å²) in [5, 5.41) is -0.0701. The van der Waals surface area contributed by atoms with Crippen molar-refractivity contribution in [2.75, 3.05) is 4.72 Å². The molecule has 0 fully saturated rings. The molecule has 3 N–H and O–H groups in total. The second kappa shape index (κ2) is 5.92. The highest BCUT2D eigenvalue weighted by molar-refractivity contribution is 7.93. The topological polar surface area (TPSA) is 85.1 Å². The lowest BCUT2D eigenvalue weighted by Gasteiger charge is -2.11. The molecule has 0 spiro atoms. The van der Waals surface area contributed by atoms with Crippen molar-refractivity contribution in [1.29, 1.82) is 0 Å². The molecule has 0 saturated heterocycles. The van der Waals surface area contributed by atoms with Crippen LogP contribution < -0.4 is 10.5 Å². The Morgan fingerprint density at radius 1 is 1.38 bits per heavy atom. The van der Waals surface area contributed by atoms with E-state index in [1.165, 1.54) is 24.4 Å². The van der Waals surface area contributed by atoms with Crippen LogP contribution in [0.15, 0.2) is 41.4 Å². The fourth-order valence-corrected chi connectivity index (χ4v) is 3.31. The van der Waals surface area contributed by atoms with Gasteiger partial charge in [-0.15, -0.1) is 0 Å². The zero-order valence-electron chi connectivity index (χ0n) is 10.4. The first-order chi connectivity index (χ1) is 9.81. The van der Waals surface area contributed by atoms with Gasteiger partial charge in [0.05, 0.1) is 10.7 Å². The maximum Gasteiger partial charge on any atom is 0.264 e. The molecule has 0 aliphatic rings. The average Bonchev–Trinajstić information content (AvgIpc) is 2.42. The van der Waals surface area contributed by atoms with Gasteiger partial charge in [-0.25, -0.2) is 12.8 Å². The summed E-state index contributed by atoms with van der Waals surface area (Å²) < 4.78 is 39.9. The van der Waals surface area contributed by atoms with Crippen molar-refractivity contribution in [3.8, 4) is 0 Å². The third-order valence-electron chi connectivity index (χ3n) is 2.47. The Morgan fingerprint density at radius 3 is 2.71 bits per heavy atom. The summed E-state index contributed by atoms with van der Waals surface area (Å²) in [6.07, 6.45) is 1.37. The number of halogens is 2. The van der Waals surface area contributed by atoms with Crippen molar-refractivity contribution in [1.82, 2.24) is 4.98 Å². The van der Waals surface area contributed by atoms with Crippen LogP contribution in [0, 0.1) is 5.82 Å². The van der Waals surface area contributed by atoms with Gasteiger partial charge in [-0.2, -0.15) is 0 Å². The van der Waals surface area contributed by atoms with Crippen molar-refractivity contribution < 1.29 is 12.8 Å². The first-order valence-corrected chi connectivity index (χ1v) is 7.81. The lowest BCUT2D eigenvalue weighted by Crippen LogP contribution is -2.21. The van der Waals surface area contributed by atoms with Crippen LogP contribution in [-0.4, -0.2) is 18.4 Å². The van der Waals surface area contributed by atoms with E-state index in [-0.39, 0.29) is 26.3 Å². The van der Waals surface area contributed by atoms with Crippen LogP contribution in [0.1, 0.15) is 5.69 Å². The summed E-state index contributed by atoms with van der Waals surface area (Å²) in [4.78, 5) is 3.51. The van der Waals surface area contributed by atoms with E-state index in [1.807, 2.05) is 0 Å². The molecule has 0 aliphatic heterocycles. The van der Waals surface area contributed by atoms with E-state index >= 15 is 0 Å². The van der Waals surface area contributed by atoms with Gasteiger partial charge in [-0.3, -0.25) is 9.71 Å². The van der Waals surface area contributed by atoms with Crippen molar-refractivity contribution >= 4 is 44.5 Å². The molecule has 5 nitrogen and oxygen atoms in total. The number of pyridine rings is 1. The maximum atomic E-state index is 13.0. The summed E-state index contributed by atoms with van der Waals surface area (Å²) in [5.74, 6) is -0.576. The van der Waals surface area contributed by atoms with Crippen molar-refractivity contribution in [3.05, 3.63) is 53.1 Å². The van der Waals surface area contributed by atoms with Crippen LogP contribution in [0.3, 0.4) is 0 Å². The molecule has 2 rings (SSSR count). The van der Waals surface area contributed by atoms with Gasteiger partial charge in [0.15, 0.2) is 0 Å². The number of benzene rings is 1. The number of nitrogens with one attached hydrogen (secondary N) is 1. The highest BCUT2D eigenvalue weighted by Crippen LogP contribution is 2.26. The molecule has 1 heterocycles. The fraction of sp³-hybridized carbons (Fsp3) is 0. The number of hydrogen-bond acceptors (Lipinski definition) is 4. The summed E-state index contributed by atoms with van der Waals surface area (Å²) in [6.45, 7) is 0. The molecule has 0 atom stereocenters. The predicted octanol–water partition coefficient (Wildman–Crippen LogP) is 2.31. The molecule has 1 aromatic carbocycles. The Labute approximate surface area is 131 Å². The Hall–Kier alpha value is -1.77. The predicted molar refractivity (Wildman–Crippen MR) is 82.3 cm³/mol. The molecule has 0 unspecified atom stereocenters. The number of thiocarbonyl (C=S) groups is 1. The van der Waals surface area contributed by atoms with E-state index in [1.54, 1.807) is 0 Å². The molecule has 0 aliphatic carbocycles. The summed E-state index contributed by atoms with van der Waals surface area (Å²) in [5.41, 5.74) is 5.46. The fourth-order valence-electron chi connectivity index (χ4n) is 1.56. The van der Waals surface area contributed by atoms with Gasteiger partial charge in [0.1, 0.15) is 21.4 Å². The third kappa shape index (κ3) is 3.46. The van der Waals surface area contributed by atoms with Gasteiger partial charge in [-0.05, 0) is 30.3 Å². The first kappa shape index (κ1) is 15.6. The van der Waals surface area contributed by atoms with Crippen LogP contribution in [0.25, 0.3) is 0 Å². The molecule has 9 heteroatoms. The summed E-state index contributed by atoms with van der Waals surface area (Å²) in [7, 11) is -4.01. The summed E-state index contributed by atoms with van der Waals surface area (Å²) >= 11 is 10.6. The van der Waals surface area contributed by atoms with Crippen LogP contribution >= 0.6 is 23.8 Å². The van der Waals surface area contributed by atoms with Gasteiger partial charge in [0.2, 0.25) is 0 Å². The second-order valence-corrected chi connectivity index (χ2v) is 6.44. The normalized spacial score (nSPS) is 11.1. The lowest BCUT2D eigenvalue weighted by molar-refractivity contribution is 0.600. The monoisotopic (exact) mass is 345 g/mol. The van der Waals surface area contributed by atoms with Gasteiger partial charge in [0, 0.05) is 6.20 Å². The van der Waals surface area contributed by atoms with Crippen molar-refractivity contribution in [2.45, 2.75) is 4.90 Å². The standard InChI is InChI=1S/C12H9ClFN3O2S2/c13-8-6-7(14)3-4-9(8)17-21(18,19)10-2-1-5-16-11(10)12(15)20/h1-6,17H,(H2,15,20). The molecule has 110 valence electrons. The van der Waals surface area contributed by atoms with E-state index in [0.29, 0.717) is 0 Å². The Bertz CT molecular complexity index is 812. The number of aromatic nitrogens is 1. The largest absolute Gasteiger partial charge is 0.388 e. The van der Waals surface area contributed by atoms with Crippen LogP contribution in [0.5, 0.6) is 0 Å². The smallest absolute Gasteiger partial charge is 0.264 e. The van der Waals surface area contributed by atoms with Gasteiger partial charge in [-0.1, -0.05) is 23.8 Å². The van der Waals surface area contributed by atoms with E-state index < -0.39 is 15.8 Å². The van der Waals surface area contributed by atoms with Crippen molar-refractivity contribution in [2.24, 2.45) is 5.73 Å². The van der Waals surface area contributed by atoms with E-state index in [0.717, 1.165) is 12.1 Å². The average molecular weight is 346 g/mol. The lowest BCUT2D eigenvalue weighted by atomic mass is 10.3. The molecule has 0 amide bonds. The first-order valence-electron chi connectivity index (χ1n) is 5.54. The van der Waals surface area contributed by atoms with Crippen LogP contribution in [0.4, 0.5) is 10.1 Å². The molecular formula is C12H9ClFN3O2S2. The quantitative estimate of drug-likeness (QED) is 0.830. The number of rotatable bonds is 4. The maximum absolute atomic E-state index is 13.0. The SMILES string of the molecule is NC(=S)c1ncccc1S(=O)(=O)Nc1ccc(F)cc1Cl. The number of sulfonamides is 1. The number of nitrogens with two attached hydrogens (primary N) is 1. The third-order valence-corrected chi connectivity index (χ3v) is 4.37. The molecule has 0 bridgehead atoms. The molecule has 0 saturated carbocycles. The van der Waals surface area contributed by atoms with E-state index in [4.69, 9.17) is 29.6 Å². The minimum Gasteiger partial charge on any atom is -0.388 e. The Kier molecular flexibility index (Phi) is 4.40. The van der Waals surface area contributed by atoms with Gasteiger partial charge in [0.25, 0.3) is 10.0 Å². The number of anilines is 1. The highest BCUT2D eigenvalue weighted by atomic mass is 35.5. The van der Waals surface area contributed by atoms with E-state index in [2.05, 4.69) is 9.71 Å². The van der Waals surface area contributed by atoms with Crippen molar-refractivity contribution in [3.63, 3.8) is 0 Å². The van der Waals surface area contributed by atoms with Crippen LogP contribution in [-0.2, 0) is 10.0 Å². The number of nitrogens with zero attached hydrogens (tertiary/aromatic N) is 1. The molecule has 0 radical (unpaired) electrons. The molecule has 1 aromatic heterocycles. The minimum absolute atomic E-state index is 0.0294. The zero-order valence-corrected chi connectivity index (χ0v) is 12.8. The zero-order chi connectivity index (χ0) is 15.6. The molecular weight excluding hydrogens is 337 g/mol. The second-order valence-electron chi connectivity index (χ2n) is 3.94. The van der Waals surface area contributed by atoms with Gasteiger partial charge < -0.3 is 5.73 Å². The summed E-state index contributed by atoms with van der Waals surface area (Å²) in [6, 6.07) is 6.04. The Balaban J connectivity index is 2.46.